The molecule has 0 aromatic heterocycles. The Hall–Kier alpha value is -3.09. The molecule has 27 heavy (non-hydrogen) atoms. The van der Waals surface area contributed by atoms with Gasteiger partial charge in [0.05, 0.1) is 12.0 Å². The van der Waals surface area contributed by atoms with E-state index in [9.17, 15) is 14.9 Å². The summed E-state index contributed by atoms with van der Waals surface area (Å²) in [6.45, 7) is 1.89. The highest BCUT2D eigenvalue weighted by Gasteiger charge is 2.23. The topological polar surface area (TPSA) is 84.7 Å². The summed E-state index contributed by atoms with van der Waals surface area (Å²) in [4.78, 5) is 25.6. The van der Waals surface area contributed by atoms with E-state index in [0.717, 1.165) is 37.9 Å². The Morgan fingerprint density at radius 1 is 1.19 bits per heavy atom. The lowest BCUT2D eigenvalue weighted by Gasteiger charge is -2.28. The highest BCUT2D eigenvalue weighted by atomic mass is 16.6. The van der Waals surface area contributed by atoms with Gasteiger partial charge < -0.3 is 15.0 Å². The van der Waals surface area contributed by atoms with Crippen LogP contribution in [0.1, 0.15) is 35.2 Å². The third kappa shape index (κ3) is 4.36. The number of carbonyl (C=O) groups excluding carboxylic acids is 1. The summed E-state index contributed by atoms with van der Waals surface area (Å²) in [5.74, 6) is 0.332. The SMILES string of the molecule is COc1ccccc1CNC(=O)c1ccc(N2CCCCC2)c([N+](=O)[O-])c1. The maximum Gasteiger partial charge on any atom is 0.293 e. The summed E-state index contributed by atoms with van der Waals surface area (Å²) in [6, 6.07) is 12.1. The third-order valence-electron chi connectivity index (χ3n) is 4.76. The van der Waals surface area contributed by atoms with E-state index in [1.54, 1.807) is 19.2 Å². The molecule has 1 fully saturated rings. The van der Waals surface area contributed by atoms with Crippen LogP contribution in [0, 0.1) is 10.1 Å². The van der Waals surface area contributed by atoms with E-state index < -0.39 is 4.92 Å². The fourth-order valence-corrected chi connectivity index (χ4v) is 3.34. The van der Waals surface area contributed by atoms with Crippen molar-refractivity contribution in [3.05, 3.63) is 63.7 Å². The number of methoxy groups -OCH3 is 1. The number of nitrogens with zero attached hydrogens (tertiary/aromatic N) is 2. The minimum atomic E-state index is -0.416. The van der Waals surface area contributed by atoms with Crippen LogP contribution >= 0.6 is 0 Å². The van der Waals surface area contributed by atoms with Gasteiger partial charge >= 0.3 is 0 Å². The molecule has 1 amide bonds. The zero-order valence-electron chi connectivity index (χ0n) is 15.3. The Balaban J connectivity index is 1.76. The Morgan fingerprint density at radius 3 is 2.63 bits per heavy atom. The van der Waals surface area contributed by atoms with Crippen molar-refractivity contribution in [1.29, 1.82) is 0 Å². The van der Waals surface area contributed by atoms with E-state index in [1.165, 1.54) is 6.07 Å². The van der Waals surface area contributed by atoms with Crippen molar-refractivity contribution in [1.82, 2.24) is 5.32 Å². The van der Waals surface area contributed by atoms with E-state index in [0.29, 0.717) is 11.4 Å². The molecule has 1 aliphatic rings. The van der Waals surface area contributed by atoms with Crippen molar-refractivity contribution >= 4 is 17.3 Å². The van der Waals surface area contributed by atoms with Gasteiger partial charge in [-0.25, -0.2) is 0 Å². The maximum atomic E-state index is 12.5. The first-order chi connectivity index (χ1) is 13.1. The molecule has 2 aromatic rings. The third-order valence-corrected chi connectivity index (χ3v) is 4.76. The Bertz CT molecular complexity index is 832. The monoisotopic (exact) mass is 369 g/mol. The fourth-order valence-electron chi connectivity index (χ4n) is 3.34. The van der Waals surface area contributed by atoms with Crippen molar-refractivity contribution < 1.29 is 14.5 Å². The number of carbonyl (C=O) groups is 1. The number of anilines is 1. The smallest absolute Gasteiger partial charge is 0.293 e. The molecule has 0 spiro atoms. The molecule has 142 valence electrons. The molecule has 0 saturated carbocycles. The summed E-state index contributed by atoms with van der Waals surface area (Å²) in [6.07, 6.45) is 3.20. The molecule has 0 atom stereocenters. The van der Waals surface area contributed by atoms with Gasteiger partial charge in [0.1, 0.15) is 11.4 Å². The van der Waals surface area contributed by atoms with E-state index >= 15 is 0 Å². The number of piperidine rings is 1. The molecule has 3 rings (SSSR count). The Labute approximate surface area is 158 Å². The van der Waals surface area contributed by atoms with Crippen LogP contribution in [0.4, 0.5) is 11.4 Å². The largest absolute Gasteiger partial charge is 0.496 e. The standard InChI is InChI=1S/C20H23N3O4/c1-27-19-8-4-3-7-16(19)14-21-20(24)15-9-10-17(18(13-15)23(25)26)22-11-5-2-6-12-22/h3-4,7-10,13H,2,5-6,11-12,14H2,1H3,(H,21,24). The predicted molar refractivity (Wildman–Crippen MR) is 103 cm³/mol. The molecule has 1 saturated heterocycles. The van der Waals surface area contributed by atoms with Gasteiger partial charge in [-0.1, -0.05) is 18.2 Å². The second-order valence-corrected chi connectivity index (χ2v) is 6.50. The zero-order chi connectivity index (χ0) is 19.2. The Kier molecular flexibility index (Phi) is 5.90. The van der Waals surface area contributed by atoms with Crippen molar-refractivity contribution in [2.75, 3.05) is 25.1 Å². The molecule has 0 radical (unpaired) electrons. The number of nitro groups is 1. The number of nitrogens with one attached hydrogen (secondary N) is 1. The first kappa shape index (κ1) is 18.7. The van der Waals surface area contributed by atoms with Crippen LogP contribution in [-0.2, 0) is 6.54 Å². The molecule has 0 bridgehead atoms. The first-order valence-corrected chi connectivity index (χ1v) is 9.03. The van der Waals surface area contributed by atoms with Crippen LogP contribution in [0.3, 0.4) is 0 Å². The predicted octanol–water partition coefficient (Wildman–Crippen LogP) is 3.52. The molecule has 0 unspecified atom stereocenters. The van der Waals surface area contributed by atoms with Crippen LogP contribution in [0.5, 0.6) is 5.75 Å². The van der Waals surface area contributed by atoms with Gasteiger partial charge in [-0.2, -0.15) is 0 Å². The van der Waals surface area contributed by atoms with Gasteiger partial charge in [-0.05, 0) is 37.5 Å². The first-order valence-electron chi connectivity index (χ1n) is 9.03. The average Bonchev–Trinajstić information content (AvgIpc) is 2.72. The second kappa shape index (κ2) is 8.53. The molecule has 7 nitrogen and oxygen atoms in total. The van der Waals surface area contributed by atoms with Crippen molar-refractivity contribution in [3.8, 4) is 5.75 Å². The number of ether oxygens (including phenoxy) is 1. The van der Waals surface area contributed by atoms with Crippen LogP contribution in [0.25, 0.3) is 0 Å². The molecule has 1 aliphatic heterocycles. The number of para-hydroxylation sites is 1. The lowest BCUT2D eigenvalue weighted by Crippen LogP contribution is -2.30. The summed E-state index contributed by atoms with van der Waals surface area (Å²) < 4.78 is 5.27. The number of amides is 1. The maximum absolute atomic E-state index is 12.5. The van der Waals surface area contributed by atoms with Gasteiger partial charge in [0.15, 0.2) is 0 Å². The van der Waals surface area contributed by atoms with Gasteiger partial charge in [0, 0.05) is 36.8 Å². The highest BCUT2D eigenvalue weighted by Crippen LogP contribution is 2.31. The molecule has 2 aromatic carbocycles. The average molecular weight is 369 g/mol. The van der Waals surface area contributed by atoms with Gasteiger partial charge in [-0.15, -0.1) is 0 Å². The molecule has 1 N–H and O–H groups in total. The number of benzene rings is 2. The summed E-state index contributed by atoms with van der Waals surface area (Å²) >= 11 is 0. The molecule has 0 aliphatic carbocycles. The Morgan fingerprint density at radius 2 is 1.93 bits per heavy atom. The normalized spacial score (nSPS) is 13.9. The number of rotatable bonds is 6. The van der Waals surface area contributed by atoms with E-state index in [1.807, 2.05) is 29.2 Å². The van der Waals surface area contributed by atoms with Crippen LogP contribution in [-0.4, -0.2) is 31.0 Å². The molecular weight excluding hydrogens is 346 g/mol. The minimum absolute atomic E-state index is 0.0261. The van der Waals surface area contributed by atoms with Crippen LogP contribution < -0.4 is 15.0 Å². The fraction of sp³-hybridized carbons (Fsp3) is 0.350. The lowest BCUT2D eigenvalue weighted by atomic mass is 10.1. The highest BCUT2D eigenvalue weighted by molar-refractivity contribution is 5.95. The van der Waals surface area contributed by atoms with E-state index in [-0.39, 0.29) is 23.7 Å². The van der Waals surface area contributed by atoms with Gasteiger partial charge in [0.25, 0.3) is 11.6 Å². The molecule has 7 heteroatoms. The van der Waals surface area contributed by atoms with Crippen molar-refractivity contribution in [2.24, 2.45) is 0 Å². The summed E-state index contributed by atoms with van der Waals surface area (Å²) in [5, 5.41) is 14.3. The second-order valence-electron chi connectivity index (χ2n) is 6.50. The van der Waals surface area contributed by atoms with Crippen molar-refractivity contribution in [2.45, 2.75) is 25.8 Å². The zero-order valence-corrected chi connectivity index (χ0v) is 15.3. The number of nitro benzene ring substituents is 1. The number of hydrogen-bond donors (Lipinski definition) is 1. The van der Waals surface area contributed by atoms with E-state index in [2.05, 4.69) is 5.32 Å². The van der Waals surface area contributed by atoms with Crippen molar-refractivity contribution in [3.63, 3.8) is 0 Å². The van der Waals surface area contributed by atoms with Gasteiger partial charge in [-0.3, -0.25) is 14.9 Å². The lowest BCUT2D eigenvalue weighted by molar-refractivity contribution is -0.384. The summed E-state index contributed by atoms with van der Waals surface area (Å²) in [5.41, 5.74) is 1.67. The molecule has 1 heterocycles. The van der Waals surface area contributed by atoms with Crippen LogP contribution in [0.2, 0.25) is 0 Å². The minimum Gasteiger partial charge on any atom is -0.496 e. The van der Waals surface area contributed by atoms with E-state index in [4.69, 9.17) is 4.74 Å². The van der Waals surface area contributed by atoms with Crippen LogP contribution in [0.15, 0.2) is 42.5 Å². The summed E-state index contributed by atoms with van der Waals surface area (Å²) in [7, 11) is 1.57. The quantitative estimate of drug-likeness (QED) is 0.622. The van der Waals surface area contributed by atoms with Gasteiger partial charge in [0.2, 0.25) is 0 Å². The number of hydrogen-bond acceptors (Lipinski definition) is 5. The molecular formula is C20H23N3O4.